The molecule has 0 aromatic heterocycles. The van der Waals surface area contributed by atoms with Gasteiger partial charge in [0.25, 0.3) is 0 Å². The zero-order valence-electron chi connectivity index (χ0n) is 15.0. The highest BCUT2D eigenvalue weighted by molar-refractivity contribution is 5.79. The highest BCUT2D eigenvalue weighted by Gasteiger charge is 2.08. The second-order valence-corrected chi connectivity index (χ2v) is 6.08. The number of guanidine groups is 1. The summed E-state index contributed by atoms with van der Waals surface area (Å²) in [6, 6.07) is 10.6. The first-order valence-electron chi connectivity index (χ1n) is 9.24. The number of nitrogens with one attached hydrogen (secondary N) is 2. The molecule has 0 amide bonds. The highest BCUT2D eigenvalue weighted by atomic mass is 16.5. The fraction of sp³-hybridized carbons (Fsp3) is 0.632. The number of morpholine rings is 1. The summed E-state index contributed by atoms with van der Waals surface area (Å²) in [4.78, 5) is 7.16. The van der Waals surface area contributed by atoms with Crippen molar-refractivity contribution in [3.8, 4) is 0 Å². The number of aliphatic imine (C=N–C) groups is 1. The Kier molecular flexibility index (Phi) is 9.27. The molecule has 1 fully saturated rings. The van der Waals surface area contributed by atoms with Crippen LogP contribution in [-0.4, -0.2) is 63.3 Å². The summed E-state index contributed by atoms with van der Waals surface area (Å²) >= 11 is 0. The molecule has 24 heavy (non-hydrogen) atoms. The molecule has 5 heteroatoms. The quantitative estimate of drug-likeness (QED) is 0.412. The fourth-order valence-electron chi connectivity index (χ4n) is 2.77. The van der Waals surface area contributed by atoms with E-state index in [1.165, 1.54) is 12.0 Å². The molecule has 1 aliphatic rings. The Balaban J connectivity index is 1.60. The normalized spacial score (nSPS) is 16.1. The largest absolute Gasteiger partial charge is 0.379 e. The van der Waals surface area contributed by atoms with Crippen LogP contribution in [0, 0.1) is 0 Å². The molecular weight excluding hydrogens is 300 g/mol. The second kappa shape index (κ2) is 11.9. The van der Waals surface area contributed by atoms with Gasteiger partial charge in [0.2, 0.25) is 0 Å². The molecule has 1 aromatic rings. The summed E-state index contributed by atoms with van der Waals surface area (Å²) in [5.41, 5.74) is 1.35. The molecule has 134 valence electrons. The van der Waals surface area contributed by atoms with E-state index in [9.17, 15) is 0 Å². The van der Waals surface area contributed by atoms with Crippen LogP contribution in [0.5, 0.6) is 0 Å². The number of nitrogens with zero attached hydrogens (tertiary/aromatic N) is 2. The monoisotopic (exact) mass is 332 g/mol. The molecule has 1 aromatic carbocycles. The van der Waals surface area contributed by atoms with E-state index in [1.54, 1.807) is 0 Å². The summed E-state index contributed by atoms with van der Waals surface area (Å²) in [5, 5.41) is 6.74. The van der Waals surface area contributed by atoms with Crippen molar-refractivity contribution in [3.63, 3.8) is 0 Å². The van der Waals surface area contributed by atoms with Gasteiger partial charge in [-0.2, -0.15) is 0 Å². The average molecular weight is 332 g/mol. The molecule has 1 heterocycles. The van der Waals surface area contributed by atoms with Crippen LogP contribution < -0.4 is 10.6 Å². The zero-order valence-corrected chi connectivity index (χ0v) is 15.0. The Morgan fingerprint density at radius 1 is 1.12 bits per heavy atom. The first kappa shape index (κ1) is 18.7. The molecule has 0 saturated carbocycles. The number of hydrogen-bond acceptors (Lipinski definition) is 3. The van der Waals surface area contributed by atoms with Crippen LogP contribution in [0.1, 0.15) is 25.3 Å². The first-order valence-corrected chi connectivity index (χ1v) is 9.24. The van der Waals surface area contributed by atoms with E-state index in [-0.39, 0.29) is 0 Å². The maximum Gasteiger partial charge on any atom is 0.191 e. The predicted molar refractivity (Wildman–Crippen MR) is 101 cm³/mol. The number of hydrogen-bond donors (Lipinski definition) is 2. The lowest BCUT2D eigenvalue weighted by molar-refractivity contribution is 0.0373. The summed E-state index contributed by atoms with van der Waals surface area (Å²) in [6.07, 6.45) is 3.35. The molecule has 0 bridgehead atoms. The Morgan fingerprint density at radius 2 is 1.92 bits per heavy atom. The fourth-order valence-corrected chi connectivity index (χ4v) is 2.77. The molecule has 0 unspecified atom stereocenters. The minimum absolute atomic E-state index is 0.880. The molecule has 1 saturated heterocycles. The third-order valence-electron chi connectivity index (χ3n) is 4.15. The van der Waals surface area contributed by atoms with Gasteiger partial charge in [-0.15, -0.1) is 0 Å². The van der Waals surface area contributed by atoms with Crippen molar-refractivity contribution < 1.29 is 4.74 Å². The minimum atomic E-state index is 0.880. The summed E-state index contributed by atoms with van der Waals surface area (Å²) in [5.74, 6) is 0.930. The van der Waals surface area contributed by atoms with Gasteiger partial charge in [-0.05, 0) is 38.3 Å². The van der Waals surface area contributed by atoms with Gasteiger partial charge >= 0.3 is 0 Å². The number of benzene rings is 1. The van der Waals surface area contributed by atoms with Gasteiger partial charge < -0.3 is 15.4 Å². The van der Waals surface area contributed by atoms with E-state index in [1.807, 2.05) is 0 Å². The van der Waals surface area contributed by atoms with E-state index in [4.69, 9.17) is 4.74 Å². The second-order valence-electron chi connectivity index (χ2n) is 6.08. The van der Waals surface area contributed by atoms with Gasteiger partial charge in [0.15, 0.2) is 5.96 Å². The van der Waals surface area contributed by atoms with Crippen molar-refractivity contribution in [2.75, 3.05) is 52.5 Å². The summed E-state index contributed by atoms with van der Waals surface area (Å²) in [6.45, 7) is 9.87. The smallest absolute Gasteiger partial charge is 0.191 e. The lowest BCUT2D eigenvalue weighted by atomic mass is 10.1. The van der Waals surface area contributed by atoms with Crippen LogP contribution >= 0.6 is 0 Å². The Bertz CT molecular complexity index is 458. The number of unbranched alkanes of at least 4 members (excludes halogenated alkanes) is 1. The SMILES string of the molecule is CCNC(=NCCCCN1CCOCC1)NCCc1ccccc1. The lowest BCUT2D eigenvalue weighted by Crippen LogP contribution is -2.38. The molecule has 0 radical (unpaired) electrons. The molecule has 2 rings (SSSR count). The standard InChI is InChI=1S/C19H32N4O/c1-2-20-19(22-12-10-18-8-4-3-5-9-18)21-11-6-7-13-23-14-16-24-17-15-23/h3-5,8-9H,2,6-7,10-17H2,1H3,(H2,20,21,22). The van der Waals surface area contributed by atoms with Crippen LogP contribution in [-0.2, 0) is 11.2 Å². The third-order valence-corrected chi connectivity index (χ3v) is 4.15. The Morgan fingerprint density at radius 3 is 2.67 bits per heavy atom. The van der Waals surface area contributed by atoms with Crippen molar-refractivity contribution in [1.29, 1.82) is 0 Å². The molecule has 0 aliphatic carbocycles. The molecule has 1 aliphatic heterocycles. The van der Waals surface area contributed by atoms with Crippen molar-refractivity contribution in [3.05, 3.63) is 35.9 Å². The van der Waals surface area contributed by atoms with E-state index in [0.29, 0.717) is 0 Å². The Labute approximate surface area is 146 Å². The zero-order chi connectivity index (χ0) is 16.9. The van der Waals surface area contributed by atoms with Crippen molar-refractivity contribution >= 4 is 5.96 Å². The molecule has 0 atom stereocenters. The lowest BCUT2D eigenvalue weighted by Gasteiger charge is -2.26. The third kappa shape index (κ3) is 7.79. The van der Waals surface area contributed by atoms with E-state index >= 15 is 0 Å². The molecule has 2 N–H and O–H groups in total. The van der Waals surface area contributed by atoms with E-state index in [2.05, 4.69) is 57.8 Å². The predicted octanol–water partition coefficient (Wildman–Crippen LogP) is 1.90. The van der Waals surface area contributed by atoms with Crippen LogP contribution in [0.2, 0.25) is 0 Å². The van der Waals surface area contributed by atoms with E-state index in [0.717, 1.165) is 71.3 Å². The van der Waals surface area contributed by atoms with Gasteiger partial charge in [-0.1, -0.05) is 30.3 Å². The van der Waals surface area contributed by atoms with Crippen LogP contribution in [0.25, 0.3) is 0 Å². The van der Waals surface area contributed by atoms with E-state index < -0.39 is 0 Å². The van der Waals surface area contributed by atoms with Crippen molar-refractivity contribution in [2.24, 2.45) is 4.99 Å². The first-order chi connectivity index (χ1) is 11.9. The average Bonchev–Trinajstić information content (AvgIpc) is 2.63. The topological polar surface area (TPSA) is 48.9 Å². The van der Waals surface area contributed by atoms with Crippen LogP contribution in [0.4, 0.5) is 0 Å². The molecule has 0 spiro atoms. The number of rotatable bonds is 9. The van der Waals surface area contributed by atoms with Crippen molar-refractivity contribution in [1.82, 2.24) is 15.5 Å². The number of ether oxygens (including phenoxy) is 1. The van der Waals surface area contributed by atoms with Crippen molar-refractivity contribution in [2.45, 2.75) is 26.2 Å². The van der Waals surface area contributed by atoms with Gasteiger partial charge in [0.05, 0.1) is 13.2 Å². The molecule has 5 nitrogen and oxygen atoms in total. The van der Waals surface area contributed by atoms with Gasteiger partial charge in [-0.3, -0.25) is 9.89 Å². The maximum atomic E-state index is 5.37. The Hall–Kier alpha value is -1.59. The molecular formula is C19H32N4O. The van der Waals surface area contributed by atoms with Crippen LogP contribution in [0.3, 0.4) is 0 Å². The maximum absolute atomic E-state index is 5.37. The van der Waals surface area contributed by atoms with Crippen LogP contribution in [0.15, 0.2) is 35.3 Å². The highest BCUT2D eigenvalue weighted by Crippen LogP contribution is 2.00. The summed E-state index contributed by atoms with van der Waals surface area (Å²) in [7, 11) is 0. The van der Waals surface area contributed by atoms with Gasteiger partial charge in [0, 0.05) is 32.7 Å². The van der Waals surface area contributed by atoms with Gasteiger partial charge in [-0.25, -0.2) is 0 Å². The summed E-state index contributed by atoms with van der Waals surface area (Å²) < 4.78 is 5.37. The minimum Gasteiger partial charge on any atom is -0.379 e. The van der Waals surface area contributed by atoms with Gasteiger partial charge in [0.1, 0.15) is 0 Å².